The first kappa shape index (κ1) is 12.1. The van der Waals surface area contributed by atoms with Gasteiger partial charge >= 0.3 is 0 Å². The molecule has 1 saturated heterocycles. The van der Waals surface area contributed by atoms with Crippen LogP contribution in [0.3, 0.4) is 0 Å². The zero-order valence-electron chi connectivity index (χ0n) is 10.0. The van der Waals surface area contributed by atoms with Crippen molar-refractivity contribution < 1.29 is 13.9 Å². The predicted octanol–water partition coefficient (Wildman–Crippen LogP) is 2.43. The Balaban J connectivity index is 1.53. The largest absolute Gasteiger partial charge is 0.381 e. The van der Waals surface area contributed by atoms with Gasteiger partial charge in [-0.3, -0.25) is 4.79 Å². The molecule has 18 heavy (non-hydrogen) atoms. The normalized spacial score (nSPS) is 28.1. The van der Waals surface area contributed by atoms with Crippen molar-refractivity contribution in [3.05, 3.63) is 22.1 Å². The van der Waals surface area contributed by atoms with Gasteiger partial charge in [-0.2, -0.15) is 0 Å². The number of rotatable bonds is 3. The molecule has 1 amide bonds. The van der Waals surface area contributed by atoms with Crippen LogP contribution >= 0.6 is 11.3 Å². The molecular formula is C13H16FNO2S. The molecule has 98 valence electrons. The van der Waals surface area contributed by atoms with Crippen molar-refractivity contribution in [2.45, 2.75) is 25.3 Å². The third-order valence-electron chi connectivity index (χ3n) is 3.85. The summed E-state index contributed by atoms with van der Waals surface area (Å²) in [6, 6.07) is 1.57. The van der Waals surface area contributed by atoms with Crippen molar-refractivity contribution in [3.8, 4) is 0 Å². The highest BCUT2D eigenvalue weighted by molar-refractivity contribution is 7.12. The zero-order valence-corrected chi connectivity index (χ0v) is 10.8. The molecule has 0 radical (unpaired) electrons. The van der Waals surface area contributed by atoms with Crippen molar-refractivity contribution in [1.82, 2.24) is 5.32 Å². The van der Waals surface area contributed by atoms with Gasteiger partial charge in [0.15, 0.2) is 0 Å². The maximum Gasteiger partial charge on any atom is 0.264 e. The van der Waals surface area contributed by atoms with E-state index in [4.69, 9.17) is 4.74 Å². The average Bonchev–Trinajstić information content (AvgIpc) is 3.01. The maximum absolute atomic E-state index is 13.3. The molecule has 3 nitrogen and oxygen atoms in total. The van der Waals surface area contributed by atoms with Gasteiger partial charge in [0.25, 0.3) is 5.91 Å². The van der Waals surface area contributed by atoms with Crippen LogP contribution in [0, 0.1) is 17.7 Å². The van der Waals surface area contributed by atoms with Crippen LogP contribution in [0.15, 0.2) is 11.4 Å². The standard InChI is InChI=1S/C13H16FNO2S/c14-10-3-6-18-12(10)13(16)15-11-7-9(11)8-1-4-17-5-2-8/h3,6,8-9,11H,1-2,4-5,7H2,(H,15,16)/t9-,11+/m0/s1. The second kappa shape index (κ2) is 4.97. The number of nitrogens with one attached hydrogen (secondary N) is 1. The minimum Gasteiger partial charge on any atom is -0.381 e. The number of hydrogen-bond donors (Lipinski definition) is 1. The Morgan fingerprint density at radius 1 is 1.44 bits per heavy atom. The second-order valence-electron chi connectivity index (χ2n) is 5.03. The summed E-state index contributed by atoms with van der Waals surface area (Å²) in [7, 11) is 0. The molecule has 2 aliphatic rings. The molecule has 1 aromatic heterocycles. The number of carbonyl (C=O) groups is 1. The summed E-state index contributed by atoms with van der Waals surface area (Å²) in [5, 5.41) is 4.54. The molecule has 1 saturated carbocycles. The van der Waals surface area contributed by atoms with Gasteiger partial charge in [0, 0.05) is 19.3 Å². The number of halogens is 1. The van der Waals surface area contributed by atoms with Crippen molar-refractivity contribution in [1.29, 1.82) is 0 Å². The highest BCUT2D eigenvalue weighted by Gasteiger charge is 2.44. The van der Waals surface area contributed by atoms with Crippen molar-refractivity contribution in [2.75, 3.05) is 13.2 Å². The molecule has 1 aliphatic heterocycles. The molecule has 1 aromatic rings. The molecule has 1 aliphatic carbocycles. The molecule has 2 atom stereocenters. The molecular weight excluding hydrogens is 253 g/mol. The fourth-order valence-corrected chi connectivity index (χ4v) is 3.41. The van der Waals surface area contributed by atoms with Gasteiger partial charge in [0.05, 0.1) is 0 Å². The monoisotopic (exact) mass is 269 g/mol. The lowest BCUT2D eigenvalue weighted by Gasteiger charge is -2.22. The van der Waals surface area contributed by atoms with Gasteiger partial charge in [0.1, 0.15) is 10.7 Å². The van der Waals surface area contributed by atoms with E-state index in [0.717, 1.165) is 43.8 Å². The summed E-state index contributed by atoms with van der Waals surface area (Å²) in [6.45, 7) is 1.67. The van der Waals surface area contributed by atoms with Crippen LogP contribution < -0.4 is 5.32 Å². The third kappa shape index (κ3) is 2.42. The summed E-state index contributed by atoms with van der Waals surface area (Å²) in [6.07, 6.45) is 3.21. The van der Waals surface area contributed by atoms with Gasteiger partial charge in [-0.25, -0.2) is 4.39 Å². The first-order chi connectivity index (χ1) is 8.75. The van der Waals surface area contributed by atoms with Gasteiger partial charge < -0.3 is 10.1 Å². The van der Waals surface area contributed by atoms with E-state index in [1.54, 1.807) is 5.38 Å². The Morgan fingerprint density at radius 3 is 2.89 bits per heavy atom. The Labute approximate surface area is 109 Å². The van der Waals surface area contributed by atoms with Crippen molar-refractivity contribution in [2.24, 2.45) is 11.8 Å². The van der Waals surface area contributed by atoms with Gasteiger partial charge in [-0.05, 0) is 42.5 Å². The van der Waals surface area contributed by atoms with Crippen LogP contribution in [0.25, 0.3) is 0 Å². The fraction of sp³-hybridized carbons (Fsp3) is 0.615. The minimum absolute atomic E-state index is 0.202. The van der Waals surface area contributed by atoms with E-state index in [0.29, 0.717) is 11.8 Å². The maximum atomic E-state index is 13.3. The number of thiophene rings is 1. The zero-order chi connectivity index (χ0) is 12.5. The lowest BCUT2D eigenvalue weighted by molar-refractivity contribution is 0.0586. The molecule has 5 heteroatoms. The van der Waals surface area contributed by atoms with E-state index in [1.165, 1.54) is 6.07 Å². The molecule has 0 bridgehead atoms. The second-order valence-corrected chi connectivity index (χ2v) is 5.94. The number of ether oxygens (including phenoxy) is 1. The molecule has 2 heterocycles. The highest BCUT2D eigenvalue weighted by Crippen LogP contribution is 2.42. The summed E-state index contributed by atoms with van der Waals surface area (Å²) in [5.41, 5.74) is 0. The smallest absolute Gasteiger partial charge is 0.264 e. The number of carbonyl (C=O) groups excluding carboxylic acids is 1. The molecule has 0 aromatic carbocycles. The highest BCUT2D eigenvalue weighted by atomic mass is 32.1. The van der Waals surface area contributed by atoms with E-state index in [9.17, 15) is 9.18 Å². The number of hydrogen-bond acceptors (Lipinski definition) is 3. The average molecular weight is 269 g/mol. The van der Waals surface area contributed by atoms with E-state index in [-0.39, 0.29) is 16.8 Å². The van der Waals surface area contributed by atoms with Gasteiger partial charge in [-0.15, -0.1) is 11.3 Å². The first-order valence-corrected chi connectivity index (χ1v) is 7.25. The van der Waals surface area contributed by atoms with Crippen molar-refractivity contribution in [3.63, 3.8) is 0 Å². The third-order valence-corrected chi connectivity index (χ3v) is 4.74. The Kier molecular flexibility index (Phi) is 3.35. The van der Waals surface area contributed by atoms with E-state index in [1.807, 2.05) is 0 Å². The van der Waals surface area contributed by atoms with Gasteiger partial charge in [0.2, 0.25) is 0 Å². The van der Waals surface area contributed by atoms with Crippen LogP contribution in [0.1, 0.15) is 28.9 Å². The van der Waals surface area contributed by atoms with E-state index >= 15 is 0 Å². The van der Waals surface area contributed by atoms with Gasteiger partial charge in [-0.1, -0.05) is 0 Å². The molecule has 1 N–H and O–H groups in total. The van der Waals surface area contributed by atoms with Crippen LogP contribution in [0.4, 0.5) is 4.39 Å². The summed E-state index contributed by atoms with van der Waals surface area (Å²) >= 11 is 1.16. The fourth-order valence-electron chi connectivity index (χ4n) is 2.74. The first-order valence-electron chi connectivity index (χ1n) is 6.37. The van der Waals surface area contributed by atoms with Crippen LogP contribution in [-0.2, 0) is 4.74 Å². The van der Waals surface area contributed by atoms with Crippen LogP contribution in [-0.4, -0.2) is 25.2 Å². The molecule has 0 unspecified atom stereocenters. The van der Waals surface area contributed by atoms with Crippen LogP contribution in [0.5, 0.6) is 0 Å². The molecule has 0 spiro atoms. The van der Waals surface area contributed by atoms with E-state index in [2.05, 4.69) is 5.32 Å². The summed E-state index contributed by atoms with van der Waals surface area (Å²) in [4.78, 5) is 12.0. The lowest BCUT2D eigenvalue weighted by Crippen LogP contribution is -2.29. The Bertz CT molecular complexity index is 442. The van der Waals surface area contributed by atoms with Crippen LogP contribution in [0.2, 0.25) is 0 Å². The van der Waals surface area contributed by atoms with E-state index < -0.39 is 5.82 Å². The topological polar surface area (TPSA) is 38.3 Å². The van der Waals surface area contributed by atoms with Crippen molar-refractivity contribution >= 4 is 17.2 Å². The Hall–Kier alpha value is -0.940. The Morgan fingerprint density at radius 2 is 2.22 bits per heavy atom. The summed E-state index contributed by atoms with van der Waals surface area (Å²) < 4.78 is 18.6. The summed E-state index contributed by atoms with van der Waals surface area (Å²) in [5.74, 6) is 0.556. The molecule has 2 fully saturated rings. The quantitative estimate of drug-likeness (QED) is 0.915. The lowest BCUT2D eigenvalue weighted by atomic mass is 9.94. The SMILES string of the molecule is O=C(N[C@@H]1C[C@H]1C1CCOCC1)c1sccc1F. The number of amides is 1. The molecule has 3 rings (SSSR count). The minimum atomic E-state index is -0.416. The predicted molar refractivity (Wildman–Crippen MR) is 67.2 cm³/mol.